The van der Waals surface area contributed by atoms with Crippen LogP contribution in [0.25, 0.3) is 11.4 Å². The fourth-order valence-corrected chi connectivity index (χ4v) is 1.71. The molecule has 90 valence electrons. The Morgan fingerprint density at radius 3 is 2.59 bits per heavy atom. The molecule has 2 rings (SSSR count). The quantitative estimate of drug-likeness (QED) is 0.862. The van der Waals surface area contributed by atoms with Crippen LogP contribution in [0.3, 0.4) is 0 Å². The summed E-state index contributed by atoms with van der Waals surface area (Å²) in [5.74, 6) is 1.39. The largest absolute Gasteiger partial charge is 0.361 e. The first-order valence-electron chi connectivity index (χ1n) is 5.53. The van der Waals surface area contributed by atoms with Crippen LogP contribution in [-0.4, -0.2) is 15.1 Å². The van der Waals surface area contributed by atoms with Gasteiger partial charge in [-0.3, -0.25) is 4.79 Å². The molecule has 0 saturated carbocycles. The zero-order chi connectivity index (χ0) is 12.6. The molecule has 2 aromatic heterocycles. The number of aryl methyl sites for hydroxylation is 2. The topological polar surface area (TPSA) is 71.8 Å². The Hall–Kier alpha value is -1.91. The molecule has 0 aromatic carbocycles. The predicted molar refractivity (Wildman–Crippen MR) is 63.9 cm³/mol. The number of H-pyrrole nitrogens is 1. The van der Waals surface area contributed by atoms with Crippen molar-refractivity contribution in [2.45, 2.75) is 33.6 Å². The van der Waals surface area contributed by atoms with Crippen molar-refractivity contribution in [1.82, 2.24) is 15.1 Å². The van der Waals surface area contributed by atoms with Crippen molar-refractivity contribution in [3.05, 3.63) is 33.6 Å². The molecule has 0 amide bonds. The smallest absolute Gasteiger partial charge is 0.251 e. The molecule has 5 heteroatoms. The van der Waals surface area contributed by atoms with E-state index in [-0.39, 0.29) is 11.5 Å². The van der Waals surface area contributed by atoms with Crippen LogP contribution in [0.1, 0.15) is 36.9 Å². The molecule has 0 aliphatic heterocycles. The molecule has 0 spiro atoms. The zero-order valence-electron chi connectivity index (χ0n) is 10.4. The minimum absolute atomic E-state index is 0.154. The van der Waals surface area contributed by atoms with E-state index in [9.17, 15) is 4.79 Å². The molecule has 0 saturated heterocycles. The summed E-state index contributed by atoms with van der Waals surface area (Å²) >= 11 is 0. The van der Waals surface area contributed by atoms with Crippen molar-refractivity contribution < 1.29 is 4.52 Å². The van der Waals surface area contributed by atoms with Crippen molar-refractivity contribution in [2.75, 3.05) is 0 Å². The Morgan fingerprint density at radius 1 is 1.35 bits per heavy atom. The summed E-state index contributed by atoms with van der Waals surface area (Å²) in [6.45, 7) is 7.63. The van der Waals surface area contributed by atoms with Crippen LogP contribution in [0.15, 0.2) is 15.4 Å². The van der Waals surface area contributed by atoms with E-state index in [0.29, 0.717) is 11.6 Å². The molecule has 2 aromatic rings. The van der Waals surface area contributed by atoms with Gasteiger partial charge in [-0.15, -0.1) is 0 Å². The molecule has 0 fully saturated rings. The number of aromatic amines is 1. The Balaban J connectivity index is 2.64. The van der Waals surface area contributed by atoms with E-state index in [1.54, 1.807) is 6.92 Å². The lowest BCUT2D eigenvalue weighted by molar-refractivity contribution is 0.393. The van der Waals surface area contributed by atoms with Gasteiger partial charge in [0.15, 0.2) is 0 Å². The van der Waals surface area contributed by atoms with Gasteiger partial charge >= 0.3 is 0 Å². The highest BCUT2D eigenvalue weighted by atomic mass is 16.5. The van der Waals surface area contributed by atoms with Crippen LogP contribution >= 0.6 is 0 Å². The molecule has 0 aliphatic carbocycles. The SMILES string of the molecule is Cc1noc(C)c1-c1nc(C(C)C)cc(=O)[nH]1. The average Bonchev–Trinajstić information content (AvgIpc) is 2.57. The summed E-state index contributed by atoms with van der Waals surface area (Å²) < 4.78 is 5.08. The second-order valence-electron chi connectivity index (χ2n) is 4.37. The second kappa shape index (κ2) is 4.16. The van der Waals surface area contributed by atoms with E-state index in [0.717, 1.165) is 17.0 Å². The van der Waals surface area contributed by atoms with E-state index < -0.39 is 0 Å². The summed E-state index contributed by atoms with van der Waals surface area (Å²) in [7, 11) is 0. The van der Waals surface area contributed by atoms with Crippen LogP contribution in [0.2, 0.25) is 0 Å². The maximum atomic E-state index is 11.6. The molecule has 0 unspecified atom stereocenters. The number of nitrogens with zero attached hydrogens (tertiary/aromatic N) is 2. The molecule has 1 N–H and O–H groups in total. The molecule has 2 heterocycles. The molecule has 0 aliphatic rings. The summed E-state index contributed by atoms with van der Waals surface area (Å²) in [6.07, 6.45) is 0. The van der Waals surface area contributed by atoms with E-state index in [1.807, 2.05) is 20.8 Å². The van der Waals surface area contributed by atoms with Gasteiger partial charge in [-0.2, -0.15) is 0 Å². The van der Waals surface area contributed by atoms with E-state index in [2.05, 4.69) is 15.1 Å². The number of aromatic nitrogens is 3. The van der Waals surface area contributed by atoms with Crippen LogP contribution in [0.4, 0.5) is 0 Å². The van der Waals surface area contributed by atoms with Gasteiger partial charge in [0, 0.05) is 6.07 Å². The Bertz CT molecular complexity index is 577. The van der Waals surface area contributed by atoms with Crippen molar-refractivity contribution in [3.8, 4) is 11.4 Å². The summed E-state index contributed by atoms with van der Waals surface area (Å²) in [5.41, 5.74) is 2.11. The third-order valence-corrected chi connectivity index (χ3v) is 2.62. The lowest BCUT2D eigenvalue weighted by Gasteiger charge is -2.06. The van der Waals surface area contributed by atoms with Crippen LogP contribution in [0, 0.1) is 13.8 Å². The molecule has 0 bridgehead atoms. The first-order chi connectivity index (χ1) is 7.99. The minimum Gasteiger partial charge on any atom is -0.361 e. The van der Waals surface area contributed by atoms with Crippen molar-refractivity contribution in [1.29, 1.82) is 0 Å². The number of nitrogens with one attached hydrogen (secondary N) is 1. The first-order valence-corrected chi connectivity index (χ1v) is 5.53. The van der Waals surface area contributed by atoms with Gasteiger partial charge in [-0.25, -0.2) is 4.98 Å². The normalized spacial score (nSPS) is 11.1. The van der Waals surface area contributed by atoms with Gasteiger partial charge < -0.3 is 9.51 Å². The maximum absolute atomic E-state index is 11.6. The van der Waals surface area contributed by atoms with Crippen LogP contribution < -0.4 is 5.56 Å². The van der Waals surface area contributed by atoms with Crippen molar-refractivity contribution >= 4 is 0 Å². The fraction of sp³-hybridized carbons (Fsp3) is 0.417. The molecular weight excluding hydrogens is 218 g/mol. The van der Waals surface area contributed by atoms with Gasteiger partial charge in [0.1, 0.15) is 11.6 Å². The maximum Gasteiger partial charge on any atom is 0.251 e. The second-order valence-corrected chi connectivity index (χ2v) is 4.37. The Kier molecular flexibility index (Phi) is 2.83. The van der Waals surface area contributed by atoms with E-state index in [1.165, 1.54) is 6.07 Å². The van der Waals surface area contributed by atoms with E-state index >= 15 is 0 Å². The standard InChI is InChI=1S/C12H15N3O2/c1-6(2)9-5-10(16)14-12(13-9)11-7(3)15-17-8(11)4/h5-6H,1-4H3,(H,13,14,16). The van der Waals surface area contributed by atoms with Gasteiger partial charge in [0.05, 0.1) is 17.0 Å². The minimum atomic E-state index is -0.154. The molecule has 0 radical (unpaired) electrons. The van der Waals surface area contributed by atoms with Crippen LogP contribution in [0.5, 0.6) is 0 Å². The van der Waals surface area contributed by atoms with Crippen molar-refractivity contribution in [3.63, 3.8) is 0 Å². The van der Waals surface area contributed by atoms with Gasteiger partial charge in [0.2, 0.25) is 0 Å². The summed E-state index contributed by atoms with van der Waals surface area (Å²) in [4.78, 5) is 18.7. The molecule has 17 heavy (non-hydrogen) atoms. The highest BCUT2D eigenvalue weighted by Gasteiger charge is 2.15. The lowest BCUT2D eigenvalue weighted by atomic mass is 10.1. The average molecular weight is 233 g/mol. The lowest BCUT2D eigenvalue weighted by Crippen LogP contribution is -2.11. The Labute approximate surface area is 98.9 Å². The third kappa shape index (κ3) is 2.13. The fourth-order valence-electron chi connectivity index (χ4n) is 1.71. The first kappa shape index (κ1) is 11.6. The van der Waals surface area contributed by atoms with Gasteiger partial charge in [-0.05, 0) is 19.8 Å². The third-order valence-electron chi connectivity index (χ3n) is 2.62. The van der Waals surface area contributed by atoms with Crippen molar-refractivity contribution in [2.24, 2.45) is 0 Å². The van der Waals surface area contributed by atoms with Crippen LogP contribution in [-0.2, 0) is 0 Å². The zero-order valence-corrected chi connectivity index (χ0v) is 10.4. The summed E-state index contributed by atoms with van der Waals surface area (Å²) in [5, 5.41) is 3.86. The van der Waals surface area contributed by atoms with E-state index in [4.69, 9.17) is 4.52 Å². The molecular formula is C12H15N3O2. The molecule has 0 atom stereocenters. The monoisotopic (exact) mass is 233 g/mol. The van der Waals surface area contributed by atoms with Gasteiger partial charge in [-0.1, -0.05) is 19.0 Å². The predicted octanol–water partition coefficient (Wildman–Crippen LogP) is 2.17. The molecule has 5 nitrogen and oxygen atoms in total. The number of rotatable bonds is 2. The highest BCUT2D eigenvalue weighted by molar-refractivity contribution is 5.59. The summed E-state index contributed by atoms with van der Waals surface area (Å²) in [6, 6.07) is 1.52. The Morgan fingerprint density at radius 2 is 2.06 bits per heavy atom. The van der Waals surface area contributed by atoms with Gasteiger partial charge in [0.25, 0.3) is 5.56 Å². The number of hydrogen-bond acceptors (Lipinski definition) is 4. The highest BCUT2D eigenvalue weighted by Crippen LogP contribution is 2.23. The number of hydrogen-bond donors (Lipinski definition) is 1.